The van der Waals surface area contributed by atoms with Crippen LogP contribution in [0.4, 0.5) is 17.1 Å². The third kappa shape index (κ3) is 3.94. The lowest BCUT2D eigenvalue weighted by atomic mass is 9.81. The first-order chi connectivity index (χ1) is 20.9. The van der Waals surface area contributed by atoms with E-state index in [1.165, 1.54) is 77.7 Å². The minimum atomic E-state index is -0.142. The Kier molecular flexibility index (Phi) is 5.64. The Hall–Kier alpha value is -5.08. The van der Waals surface area contributed by atoms with Crippen molar-refractivity contribution in [1.82, 2.24) is 4.98 Å². The van der Waals surface area contributed by atoms with Crippen LogP contribution in [0.2, 0.25) is 0 Å². The summed E-state index contributed by atoms with van der Waals surface area (Å²) in [6, 6.07) is 46.8. The Bertz CT molecular complexity index is 2180. The maximum atomic E-state index is 3.70. The molecule has 1 N–H and O–H groups in total. The van der Waals surface area contributed by atoms with Gasteiger partial charge in [-0.15, -0.1) is 0 Å². The van der Waals surface area contributed by atoms with Crippen molar-refractivity contribution >= 4 is 38.9 Å². The number of anilines is 3. The van der Waals surface area contributed by atoms with Gasteiger partial charge < -0.3 is 9.88 Å². The van der Waals surface area contributed by atoms with Gasteiger partial charge in [-0.3, -0.25) is 0 Å². The van der Waals surface area contributed by atoms with E-state index in [2.05, 4.69) is 165 Å². The van der Waals surface area contributed by atoms with Gasteiger partial charge in [0.15, 0.2) is 0 Å². The van der Waals surface area contributed by atoms with Crippen LogP contribution in [0, 0.1) is 13.8 Å². The van der Waals surface area contributed by atoms with E-state index >= 15 is 0 Å². The van der Waals surface area contributed by atoms with Crippen LogP contribution in [-0.4, -0.2) is 4.98 Å². The number of H-pyrrole nitrogens is 1. The smallest absolute Gasteiger partial charge is 0.0544 e. The molecule has 2 nitrogen and oxygen atoms in total. The monoisotopic (exact) mass is 554 g/mol. The van der Waals surface area contributed by atoms with E-state index in [9.17, 15) is 0 Å². The van der Waals surface area contributed by atoms with Gasteiger partial charge >= 0.3 is 0 Å². The first kappa shape index (κ1) is 25.6. The van der Waals surface area contributed by atoms with Crippen LogP contribution in [0.25, 0.3) is 44.1 Å². The minimum absolute atomic E-state index is 0.142. The Morgan fingerprint density at radius 2 is 1.19 bits per heavy atom. The number of aryl methyl sites for hydroxylation is 2. The SMILES string of the molecule is Cc1ccc(N(c2ccccc2)c2ccc3c(c2)C(C)(C)c2cc(-c4cccc5c4[nH]c4ccccc45)ccc2-3)cc1C. The van der Waals surface area contributed by atoms with Crippen molar-refractivity contribution in [2.75, 3.05) is 4.90 Å². The zero-order valence-electron chi connectivity index (χ0n) is 25.1. The maximum Gasteiger partial charge on any atom is 0.0544 e. The number of nitrogens with one attached hydrogen (secondary N) is 1. The van der Waals surface area contributed by atoms with E-state index in [4.69, 9.17) is 0 Å². The largest absolute Gasteiger partial charge is 0.354 e. The van der Waals surface area contributed by atoms with Crippen molar-refractivity contribution < 1.29 is 0 Å². The van der Waals surface area contributed by atoms with Gasteiger partial charge in [-0.1, -0.05) is 92.7 Å². The molecule has 7 aromatic rings. The molecule has 1 aliphatic rings. The van der Waals surface area contributed by atoms with Crippen molar-refractivity contribution in [3.8, 4) is 22.3 Å². The summed E-state index contributed by atoms with van der Waals surface area (Å²) in [5, 5.41) is 2.54. The fourth-order valence-corrected chi connectivity index (χ4v) is 7.03. The summed E-state index contributed by atoms with van der Waals surface area (Å²) in [5.74, 6) is 0. The average Bonchev–Trinajstić information content (AvgIpc) is 3.52. The first-order valence-electron chi connectivity index (χ1n) is 15.1. The molecule has 208 valence electrons. The van der Waals surface area contributed by atoms with E-state index < -0.39 is 0 Å². The van der Waals surface area contributed by atoms with Crippen LogP contribution in [0.1, 0.15) is 36.1 Å². The molecule has 0 unspecified atom stereocenters. The molecule has 0 amide bonds. The molecule has 0 atom stereocenters. The van der Waals surface area contributed by atoms with E-state index in [1.54, 1.807) is 0 Å². The molecular weight excluding hydrogens is 520 g/mol. The molecule has 43 heavy (non-hydrogen) atoms. The topological polar surface area (TPSA) is 19.0 Å². The predicted molar refractivity (Wildman–Crippen MR) is 183 cm³/mol. The van der Waals surface area contributed by atoms with Crippen LogP contribution < -0.4 is 4.90 Å². The summed E-state index contributed by atoms with van der Waals surface area (Å²) < 4.78 is 0. The van der Waals surface area contributed by atoms with E-state index in [-0.39, 0.29) is 5.41 Å². The van der Waals surface area contributed by atoms with Gasteiger partial charge in [-0.05, 0) is 101 Å². The predicted octanol–water partition coefficient (Wildman–Crippen LogP) is 11.4. The van der Waals surface area contributed by atoms with Crippen LogP contribution in [0.15, 0.2) is 127 Å². The molecule has 1 aromatic heterocycles. The highest BCUT2D eigenvalue weighted by Gasteiger charge is 2.36. The fourth-order valence-electron chi connectivity index (χ4n) is 7.03. The Labute approximate surface area is 253 Å². The highest BCUT2D eigenvalue weighted by atomic mass is 15.1. The Balaban J connectivity index is 1.25. The lowest BCUT2D eigenvalue weighted by Crippen LogP contribution is -2.16. The Morgan fingerprint density at radius 1 is 0.512 bits per heavy atom. The number of para-hydroxylation sites is 3. The molecule has 0 aliphatic heterocycles. The summed E-state index contributed by atoms with van der Waals surface area (Å²) >= 11 is 0. The Morgan fingerprint density at radius 3 is 2.00 bits per heavy atom. The first-order valence-corrected chi connectivity index (χ1v) is 15.1. The zero-order chi connectivity index (χ0) is 29.3. The second-order valence-electron chi connectivity index (χ2n) is 12.5. The van der Waals surface area contributed by atoms with Crippen LogP contribution in [0.3, 0.4) is 0 Å². The van der Waals surface area contributed by atoms with Crippen molar-refractivity contribution in [2.24, 2.45) is 0 Å². The van der Waals surface area contributed by atoms with Crippen molar-refractivity contribution in [1.29, 1.82) is 0 Å². The van der Waals surface area contributed by atoms with Gasteiger partial charge in [-0.2, -0.15) is 0 Å². The molecule has 0 saturated heterocycles. The summed E-state index contributed by atoms with van der Waals surface area (Å²) in [6.45, 7) is 9.11. The number of aromatic nitrogens is 1. The summed E-state index contributed by atoms with van der Waals surface area (Å²) in [4.78, 5) is 6.09. The number of benzene rings is 6. The number of nitrogens with zero attached hydrogens (tertiary/aromatic N) is 1. The number of aromatic amines is 1. The number of hydrogen-bond acceptors (Lipinski definition) is 1. The molecule has 6 aromatic carbocycles. The molecule has 0 bridgehead atoms. The summed E-state index contributed by atoms with van der Waals surface area (Å²) in [5.41, 5.74) is 16.2. The molecule has 0 spiro atoms. The molecule has 0 radical (unpaired) electrons. The molecule has 1 aliphatic carbocycles. The average molecular weight is 555 g/mol. The van der Waals surface area contributed by atoms with Gasteiger partial charge in [0.05, 0.1) is 5.52 Å². The molecule has 0 fully saturated rings. The van der Waals surface area contributed by atoms with Gasteiger partial charge in [0, 0.05) is 44.3 Å². The highest BCUT2D eigenvalue weighted by molar-refractivity contribution is 6.12. The lowest BCUT2D eigenvalue weighted by molar-refractivity contribution is 0.660. The van der Waals surface area contributed by atoms with Crippen molar-refractivity contribution in [3.05, 3.63) is 150 Å². The van der Waals surface area contributed by atoms with Crippen molar-refractivity contribution in [3.63, 3.8) is 0 Å². The third-order valence-corrected chi connectivity index (χ3v) is 9.53. The number of rotatable bonds is 4. The lowest BCUT2D eigenvalue weighted by Gasteiger charge is -2.28. The normalized spacial score (nSPS) is 13.3. The summed E-state index contributed by atoms with van der Waals surface area (Å²) in [6.07, 6.45) is 0. The van der Waals surface area contributed by atoms with Crippen LogP contribution >= 0.6 is 0 Å². The molecule has 0 saturated carbocycles. The molecule has 1 heterocycles. The quantitative estimate of drug-likeness (QED) is 0.229. The minimum Gasteiger partial charge on any atom is -0.354 e. The number of hydrogen-bond donors (Lipinski definition) is 1. The van der Waals surface area contributed by atoms with Gasteiger partial charge in [0.1, 0.15) is 0 Å². The molecule has 2 heteroatoms. The van der Waals surface area contributed by atoms with Crippen LogP contribution in [0.5, 0.6) is 0 Å². The third-order valence-electron chi connectivity index (χ3n) is 9.53. The van der Waals surface area contributed by atoms with Gasteiger partial charge in [0.25, 0.3) is 0 Å². The van der Waals surface area contributed by atoms with E-state index in [0.717, 1.165) is 5.69 Å². The molecular formula is C41H34N2. The summed E-state index contributed by atoms with van der Waals surface area (Å²) in [7, 11) is 0. The number of fused-ring (bicyclic) bond motifs is 6. The van der Waals surface area contributed by atoms with Gasteiger partial charge in [0.2, 0.25) is 0 Å². The van der Waals surface area contributed by atoms with E-state index in [0.29, 0.717) is 0 Å². The van der Waals surface area contributed by atoms with Crippen LogP contribution in [-0.2, 0) is 5.41 Å². The fraction of sp³-hybridized carbons (Fsp3) is 0.122. The second-order valence-corrected chi connectivity index (χ2v) is 12.5. The zero-order valence-corrected chi connectivity index (χ0v) is 25.1. The maximum absolute atomic E-state index is 3.70. The standard InChI is InChI=1S/C41H34N2/c1-26-17-19-30(23-27(26)2)43(29-11-6-5-7-12-29)31-20-22-34-33-21-18-28(24-37(33)41(3,4)38(34)25-31)32-14-10-15-36-35-13-8-9-16-39(35)42-40(32)36/h5-25,42H,1-4H3. The second kappa shape index (κ2) is 9.47. The highest BCUT2D eigenvalue weighted by Crippen LogP contribution is 2.52. The molecule has 8 rings (SSSR count). The van der Waals surface area contributed by atoms with E-state index in [1.807, 2.05) is 0 Å². The van der Waals surface area contributed by atoms with Gasteiger partial charge in [-0.25, -0.2) is 0 Å². The van der Waals surface area contributed by atoms with Crippen molar-refractivity contribution in [2.45, 2.75) is 33.1 Å².